The molecule has 0 saturated carbocycles. The van der Waals surface area contributed by atoms with E-state index in [0.29, 0.717) is 11.1 Å². The maximum Gasteiger partial charge on any atom is 0.248 e. The highest BCUT2D eigenvalue weighted by Crippen LogP contribution is 1.95. The van der Waals surface area contributed by atoms with E-state index in [4.69, 9.17) is 11.5 Å². The molecule has 0 bridgehead atoms. The molecule has 0 radical (unpaired) electrons. The van der Waals surface area contributed by atoms with Gasteiger partial charge >= 0.3 is 0 Å². The standard InChI is InChI=1S/2C7H7NO.H2O/c2*8-7(9)6-4-2-1-3-5-6;/h2*1-5H,(H2,8,9);1H2. The highest BCUT2D eigenvalue weighted by molar-refractivity contribution is 5.93. The van der Waals surface area contributed by atoms with Crippen molar-refractivity contribution in [2.45, 2.75) is 0 Å². The normalized spacial score (nSPS) is 8.42. The molecule has 0 heterocycles. The molecule has 0 fully saturated rings. The highest BCUT2D eigenvalue weighted by Gasteiger charge is 1.94. The van der Waals surface area contributed by atoms with Gasteiger partial charge in [-0.3, -0.25) is 9.59 Å². The zero-order valence-electron chi connectivity index (χ0n) is 10.2. The van der Waals surface area contributed by atoms with Gasteiger partial charge in [0.25, 0.3) is 0 Å². The number of carbonyl (C=O) groups excluding carboxylic acids is 2. The number of primary amides is 2. The molecule has 19 heavy (non-hydrogen) atoms. The Balaban J connectivity index is 0.000000324. The Morgan fingerprint density at radius 1 is 0.632 bits per heavy atom. The Morgan fingerprint density at radius 3 is 1.05 bits per heavy atom. The van der Waals surface area contributed by atoms with Gasteiger partial charge in [-0.2, -0.15) is 0 Å². The molecule has 0 aliphatic carbocycles. The first kappa shape index (κ1) is 16.3. The summed E-state index contributed by atoms with van der Waals surface area (Å²) in [6, 6.07) is 17.5. The van der Waals surface area contributed by atoms with Crippen molar-refractivity contribution in [2.75, 3.05) is 0 Å². The van der Waals surface area contributed by atoms with Crippen LogP contribution in [0, 0.1) is 0 Å². The number of amides is 2. The van der Waals surface area contributed by atoms with E-state index in [-0.39, 0.29) is 17.3 Å². The van der Waals surface area contributed by atoms with Gasteiger partial charge in [0, 0.05) is 11.1 Å². The molecular formula is C14H16N2O3. The van der Waals surface area contributed by atoms with E-state index in [2.05, 4.69) is 0 Å². The summed E-state index contributed by atoms with van der Waals surface area (Å²) in [5.74, 6) is -0.758. The van der Waals surface area contributed by atoms with Crippen LogP contribution in [0.1, 0.15) is 20.7 Å². The molecule has 2 amide bonds. The van der Waals surface area contributed by atoms with Crippen LogP contribution in [-0.2, 0) is 0 Å². The minimum atomic E-state index is -0.379. The van der Waals surface area contributed by atoms with Gasteiger partial charge in [0.1, 0.15) is 0 Å². The molecule has 0 atom stereocenters. The Bertz CT molecular complexity index is 463. The fourth-order valence-electron chi connectivity index (χ4n) is 1.20. The quantitative estimate of drug-likeness (QED) is 0.828. The van der Waals surface area contributed by atoms with Crippen LogP contribution in [0.2, 0.25) is 0 Å². The van der Waals surface area contributed by atoms with Gasteiger partial charge in [-0.05, 0) is 24.3 Å². The van der Waals surface area contributed by atoms with Crippen molar-refractivity contribution >= 4 is 11.8 Å². The lowest BCUT2D eigenvalue weighted by Crippen LogP contribution is -2.09. The zero-order chi connectivity index (χ0) is 13.4. The van der Waals surface area contributed by atoms with E-state index in [9.17, 15) is 9.59 Å². The van der Waals surface area contributed by atoms with Crippen molar-refractivity contribution in [2.24, 2.45) is 11.5 Å². The Hall–Kier alpha value is -2.66. The zero-order valence-corrected chi connectivity index (χ0v) is 10.2. The molecule has 0 aromatic heterocycles. The van der Waals surface area contributed by atoms with Crippen LogP contribution in [0.3, 0.4) is 0 Å². The molecule has 2 aromatic carbocycles. The lowest BCUT2D eigenvalue weighted by molar-refractivity contribution is 0.0992. The summed E-state index contributed by atoms with van der Waals surface area (Å²) < 4.78 is 0. The Kier molecular flexibility index (Phi) is 7.25. The van der Waals surface area contributed by atoms with Crippen LogP contribution in [-0.4, -0.2) is 17.3 Å². The minimum Gasteiger partial charge on any atom is -0.412 e. The summed E-state index contributed by atoms with van der Waals surface area (Å²) in [5.41, 5.74) is 11.1. The monoisotopic (exact) mass is 260 g/mol. The van der Waals surface area contributed by atoms with E-state index >= 15 is 0 Å². The average Bonchev–Trinajstić information content (AvgIpc) is 2.41. The number of benzene rings is 2. The van der Waals surface area contributed by atoms with Crippen molar-refractivity contribution in [1.29, 1.82) is 0 Å². The fourth-order valence-corrected chi connectivity index (χ4v) is 1.20. The Morgan fingerprint density at radius 2 is 0.895 bits per heavy atom. The fraction of sp³-hybridized carbons (Fsp3) is 0. The third kappa shape index (κ3) is 5.99. The summed E-state index contributed by atoms with van der Waals surface area (Å²) >= 11 is 0. The molecule has 0 spiro atoms. The van der Waals surface area contributed by atoms with Crippen LogP contribution in [0.5, 0.6) is 0 Å². The van der Waals surface area contributed by atoms with Gasteiger partial charge in [0.15, 0.2) is 0 Å². The van der Waals surface area contributed by atoms with Gasteiger partial charge in [0.05, 0.1) is 0 Å². The number of carbonyl (C=O) groups is 2. The molecule has 0 aliphatic heterocycles. The van der Waals surface area contributed by atoms with Crippen LogP contribution in [0.4, 0.5) is 0 Å². The van der Waals surface area contributed by atoms with Crippen LogP contribution >= 0.6 is 0 Å². The molecular weight excluding hydrogens is 244 g/mol. The van der Waals surface area contributed by atoms with Crippen LogP contribution in [0.15, 0.2) is 60.7 Å². The maximum absolute atomic E-state index is 10.4. The smallest absolute Gasteiger partial charge is 0.248 e. The molecule has 0 saturated heterocycles. The molecule has 5 nitrogen and oxygen atoms in total. The van der Waals surface area contributed by atoms with Crippen LogP contribution < -0.4 is 11.5 Å². The molecule has 0 unspecified atom stereocenters. The first-order chi connectivity index (χ1) is 8.61. The predicted molar refractivity (Wildman–Crippen MR) is 73.5 cm³/mol. The third-order valence-electron chi connectivity index (χ3n) is 2.12. The van der Waals surface area contributed by atoms with Crippen molar-refractivity contribution in [3.05, 3.63) is 71.8 Å². The molecule has 2 aromatic rings. The second kappa shape index (κ2) is 8.43. The largest absolute Gasteiger partial charge is 0.412 e. The van der Waals surface area contributed by atoms with E-state index < -0.39 is 0 Å². The van der Waals surface area contributed by atoms with Gasteiger partial charge in [-0.15, -0.1) is 0 Å². The molecule has 6 N–H and O–H groups in total. The molecule has 0 aliphatic rings. The lowest BCUT2D eigenvalue weighted by atomic mass is 10.2. The van der Waals surface area contributed by atoms with Gasteiger partial charge in [-0.25, -0.2) is 0 Å². The van der Waals surface area contributed by atoms with Gasteiger partial charge < -0.3 is 16.9 Å². The van der Waals surface area contributed by atoms with E-state index in [1.54, 1.807) is 48.5 Å². The summed E-state index contributed by atoms with van der Waals surface area (Å²) in [6.45, 7) is 0. The average molecular weight is 260 g/mol. The number of hydrogen-bond donors (Lipinski definition) is 2. The Labute approximate surface area is 111 Å². The molecule has 2 rings (SSSR count). The molecule has 100 valence electrons. The van der Waals surface area contributed by atoms with Crippen molar-refractivity contribution < 1.29 is 15.1 Å². The summed E-state index contributed by atoms with van der Waals surface area (Å²) in [6.07, 6.45) is 0. The van der Waals surface area contributed by atoms with Gasteiger partial charge in [0.2, 0.25) is 11.8 Å². The van der Waals surface area contributed by atoms with Gasteiger partial charge in [-0.1, -0.05) is 36.4 Å². The summed E-state index contributed by atoms with van der Waals surface area (Å²) in [5, 5.41) is 0. The number of nitrogens with two attached hydrogens (primary N) is 2. The number of rotatable bonds is 2. The van der Waals surface area contributed by atoms with E-state index in [1.807, 2.05) is 12.1 Å². The minimum absolute atomic E-state index is 0. The van der Waals surface area contributed by atoms with E-state index in [1.165, 1.54) is 0 Å². The highest BCUT2D eigenvalue weighted by atomic mass is 16.1. The van der Waals surface area contributed by atoms with Crippen LogP contribution in [0.25, 0.3) is 0 Å². The van der Waals surface area contributed by atoms with Crippen molar-refractivity contribution in [3.8, 4) is 0 Å². The second-order valence-electron chi connectivity index (χ2n) is 3.46. The first-order valence-electron chi connectivity index (χ1n) is 5.31. The van der Waals surface area contributed by atoms with Crippen molar-refractivity contribution in [3.63, 3.8) is 0 Å². The topological polar surface area (TPSA) is 118 Å². The molecule has 5 heteroatoms. The third-order valence-corrected chi connectivity index (χ3v) is 2.12. The first-order valence-corrected chi connectivity index (χ1v) is 5.31. The van der Waals surface area contributed by atoms with E-state index in [0.717, 1.165) is 0 Å². The maximum atomic E-state index is 10.4. The number of hydrogen-bond acceptors (Lipinski definition) is 2. The lowest BCUT2D eigenvalue weighted by Gasteiger charge is -1.89. The summed E-state index contributed by atoms with van der Waals surface area (Å²) in [7, 11) is 0. The van der Waals surface area contributed by atoms with Crippen molar-refractivity contribution in [1.82, 2.24) is 0 Å². The predicted octanol–water partition coefficient (Wildman–Crippen LogP) is 0.746. The second-order valence-corrected chi connectivity index (χ2v) is 3.46. The summed E-state index contributed by atoms with van der Waals surface area (Å²) in [4.78, 5) is 20.8. The SMILES string of the molecule is NC(=O)c1ccccc1.NC(=O)c1ccccc1.O.